The third-order valence-electron chi connectivity index (χ3n) is 1.38. The van der Waals surface area contributed by atoms with Crippen LogP contribution < -0.4 is 10.4 Å². The van der Waals surface area contributed by atoms with E-state index in [0.29, 0.717) is 0 Å². The minimum absolute atomic E-state index is 0.208. The van der Waals surface area contributed by atoms with Gasteiger partial charge in [0.2, 0.25) is 0 Å². The van der Waals surface area contributed by atoms with Crippen LogP contribution in [0.5, 0.6) is 0 Å². The Balaban J connectivity index is 2.31. The molecule has 1 heterocycles. The van der Waals surface area contributed by atoms with Crippen molar-refractivity contribution in [3.63, 3.8) is 0 Å². The number of nitrogens with one attached hydrogen (secondary N) is 2. The van der Waals surface area contributed by atoms with E-state index in [1.54, 1.807) is 0 Å². The van der Waals surface area contributed by atoms with Gasteiger partial charge in [-0.1, -0.05) is 0 Å². The minimum atomic E-state index is -4.03. The first kappa shape index (κ1) is 8.17. The second kappa shape index (κ2) is 2.98. The molecule has 5 nitrogen and oxygen atoms in total. The van der Waals surface area contributed by atoms with Gasteiger partial charge in [-0.15, -0.1) is 0 Å². The molecule has 0 aromatic rings. The summed E-state index contributed by atoms with van der Waals surface area (Å²) in [5.74, 6) is 0. The summed E-state index contributed by atoms with van der Waals surface area (Å²) in [6.45, 7) is 0.831. The molecule has 0 bridgehead atoms. The summed E-state index contributed by atoms with van der Waals surface area (Å²) < 4.78 is 10.3. The normalized spacial score (nSPS) is 27.2. The SMILES string of the molecule is O=P(O)(O)NC1CCCN1. The van der Waals surface area contributed by atoms with Gasteiger partial charge < -0.3 is 15.1 Å². The molecule has 1 rings (SSSR count). The van der Waals surface area contributed by atoms with Gasteiger partial charge in [-0.2, -0.15) is 0 Å². The highest BCUT2D eigenvalue weighted by Gasteiger charge is 2.21. The van der Waals surface area contributed by atoms with Crippen molar-refractivity contribution in [1.82, 2.24) is 10.4 Å². The van der Waals surface area contributed by atoms with E-state index in [0.717, 1.165) is 19.4 Å². The zero-order valence-electron chi connectivity index (χ0n) is 5.45. The maximum Gasteiger partial charge on any atom is 0.401 e. The Kier molecular flexibility index (Phi) is 2.44. The molecule has 0 aliphatic carbocycles. The van der Waals surface area contributed by atoms with Gasteiger partial charge in [0.05, 0.1) is 6.17 Å². The van der Waals surface area contributed by atoms with Crippen molar-refractivity contribution in [2.75, 3.05) is 6.54 Å². The lowest BCUT2D eigenvalue weighted by atomic mass is 10.3. The van der Waals surface area contributed by atoms with Gasteiger partial charge in [0, 0.05) is 0 Å². The highest BCUT2D eigenvalue weighted by atomic mass is 31.2. The molecule has 0 aromatic carbocycles. The van der Waals surface area contributed by atoms with E-state index in [1.165, 1.54) is 0 Å². The number of hydrogen-bond donors (Lipinski definition) is 4. The van der Waals surface area contributed by atoms with Crippen molar-refractivity contribution in [2.45, 2.75) is 19.0 Å². The van der Waals surface area contributed by atoms with E-state index in [4.69, 9.17) is 9.79 Å². The van der Waals surface area contributed by atoms with Crippen molar-refractivity contribution in [2.24, 2.45) is 0 Å². The second-order valence-corrected chi connectivity index (χ2v) is 3.67. The summed E-state index contributed by atoms with van der Waals surface area (Å²) >= 11 is 0. The molecule has 4 N–H and O–H groups in total. The molecule has 1 aliphatic rings. The lowest BCUT2D eigenvalue weighted by Crippen LogP contribution is -2.34. The van der Waals surface area contributed by atoms with E-state index < -0.39 is 7.75 Å². The Labute approximate surface area is 59.0 Å². The summed E-state index contributed by atoms with van der Waals surface area (Å²) in [5.41, 5.74) is 0. The van der Waals surface area contributed by atoms with Crippen molar-refractivity contribution < 1.29 is 14.4 Å². The van der Waals surface area contributed by atoms with Gasteiger partial charge in [-0.05, 0) is 19.4 Å². The van der Waals surface area contributed by atoms with Gasteiger partial charge in [0.1, 0.15) is 0 Å². The Hall–Kier alpha value is 0.0700. The second-order valence-electron chi connectivity index (χ2n) is 2.32. The van der Waals surface area contributed by atoms with Crippen molar-refractivity contribution >= 4 is 7.75 Å². The summed E-state index contributed by atoms with van der Waals surface area (Å²) in [4.78, 5) is 16.9. The molecule has 1 unspecified atom stereocenters. The van der Waals surface area contributed by atoms with E-state index in [2.05, 4.69) is 10.4 Å². The van der Waals surface area contributed by atoms with E-state index >= 15 is 0 Å². The van der Waals surface area contributed by atoms with Gasteiger partial charge >= 0.3 is 7.75 Å². The average molecular weight is 166 g/mol. The van der Waals surface area contributed by atoms with Crippen LogP contribution in [0.4, 0.5) is 0 Å². The van der Waals surface area contributed by atoms with Crippen LogP contribution in [0.15, 0.2) is 0 Å². The van der Waals surface area contributed by atoms with Gasteiger partial charge in [-0.3, -0.25) is 0 Å². The maximum absolute atomic E-state index is 10.3. The van der Waals surface area contributed by atoms with Crippen LogP contribution in [0.3, 0.4) is 0 Å². The molecular formula is C4H11N2O3P. The fraction of sp³-hybridized carbons (Fsp3) is 1.00. The standard InChI is InChI=1S/C4H11N2O3P/c7-10(8,9)6-4-2-1-3-5-4/h4-5H,1-3H2,(H3,6,7,8,9). The molecule has 1 fully saturated rings. The molecule has 10 heavy (non-hydrogen) atoms. The molecule has 60 valence electrons. The molecular weight excluding hydrogens is 155 g/mol. The monoisotopic (exact) mass is 166 g/mol. The topological polar surface area (TPSA) is 81.6 Å². The summed E-state index contributed by atoms with van der Waals surface area (Å²) in [6.07, 6.45) is 1.55. The molecule has 0 spiro atoms. The van der Waals surface area contributed by atoms with Gasteiger partial charge in [0.15, 0.2) is 0 Å². The average Bonchev–Trinajstić information content (AvgIpc) is 2.12. The molecule has 0 aromatic heterocycles. The van der Waals surface area contributed by atoms with Crippen LogP contribution in [0.2, 0.25) is 0 Å². The Morgan fingerprint density at radius 2 is 2.30 bits per heavy atom. The van der Waals surface area contributed by atoms with Crippen LogP contribution in [0, 0.1) is 0 Å². The molecule has 0 amide bonds. The molecule has 6 heteroatoms. The van der Waals surface area contributed by atoms with Crippen molar-refractivity contribution in [1.29, 1.82) is 0 Å². The Morgan fingerprint density at radius 1 is 1.60 bits per heavy atom. The van der Waals surface area contributed by atoms with Crippen LogP contribution in [0.25, 0.3) is 0 Å². The summed E-state index contributed by atoms with van der Waals surface area (Å²) in [7, 11) is -4.03. The first-order valence-corrected chi connectivity index (χ1v) is 4.76. The maximum atomic E-state index is 10.3. The van der Waals surface area contributed by atoms with E-state index in [1.807, 2.05) is 0 Å². The molecule has 0 saturated carbocycles. The predicted octanol–water partition coefficient (Wildman–Crippen LogP) is -0.622. The quantitative estimate of drug-likeness (QED) is 0.411. The van der Waals surface area contributed by atoms with Crippen LogP contribution >= 0.6 is 7.75 Å². The fourth-order valence-corrected chi connectivity index (χ4v) is 1.62. The van der Waals surface area contributed by atoms with E-state index in [9.17, 15) is 4.57 Å². The van der Waals surface area contributed by atoms with E-state index in [-0.39, 0.29) is 6.17 Å². The Bertz CT molecular complexity index is 151. The predicted molar refractivity (Wildman–Crippen MR) is 36.2 cm³/mol. The largest absolute Gasteiger partial charge is 0.401 e. The smallest absolute Gasteiger partial charge is 0.313 e. The van der Waals surface area contributed by atoms with Crippen molar-refractivity contribution in [3.8, 4) is 0 Å². The molecule has 1 saturated heterocycles. The Morgan fingerprint density at radius 3 is 2.70 bits per heavy atom. The zero-order chi connectivity index (χ0) is 7.61. The highest BCUT2D eigenvalue weighted by molar-refractivity contribution is 7.49. The first-order chi connectivity index (χ1) is 4.58. The van der Waals surface area contributed by atoms with Crippen LogP contribution in [0.1, 0.15) is 12.8 Å². The van der Waals surface area contributed by atoms with Gasteiger partial charge in [0.25, 0.3) is 0 Å². The third-order valence-corrected chi connectivity index (χ3v) is 2.03. The number of hydrogen-bond acceptors (Lipinski definition) is 2. The van der Waals surface area contributed by atoms with Crippen LogP contribution in [-0.4, -0.2) is 22.5 Å². The lowest BCUT2D eigenvalue weighted by molar-refractivity contribution is 0.343. The lowest BCUT2D eigenvalue weighted by Gasteiger charge is -2.12. The summed E-state index contributed by atoms with van der Waals surface area (Å²) in [6, 6.07) is 0. The highest BCUT2D eigenvalue weighted by Crippen LogP contribution is 2.29. The summed E-state index contributed by atoms with van der Waals surface area (Å²) in [5, 5.41) is 5.08. The number of rotatable bonds is 2. The molecule has 0 radical (unpaired) electrons. The fourth-order valence-electron chi connectivity index (χ4n) is 0.998. The first-order valence-electron chi connectivity index (χ1n) is 3.15. The molecule has 1 aliphatic heterocycles. The van der Waals surface area contributed by atoms with Crippen molar-refractivity contribution in [3.05, 3.63) is 0 Å². The zero-order valence-corrected chi connectivity index (χ0v) is 6.34. The third kappa shape index (κ3) is 2.77. The van der Waals surface area contributed by atoms with Crippen LogP contribution in [-0.2, 0) is 4.57 Å². The minimum Gasteiger partial charge on any atom is -0.313 e. The molecule has 1 atom stereocenters. The van der Waals surface area contributed by atoms with Gasteiger partial charge in [-0.25, -0.2) is 9.65 Å².